The van der Waals surface area contributed by atoms with Crippen LogP contribution in [0.25, 0.3) is 0 Å². The van der Waals surface area contributed by atoms with E-state index >= 15 is 0 Å². The molecule has 1 aromatic rings. The molecule has 1 nitrogen and oxygen atoms in total. The first-order chi connectivity index (χ1) is 9.70. The van der Waals surface area contributed by atoms with E-state index in [0.717, 1.165) is 18.4 Å². The van der Waals surface area contributed by atoms with Gasteiger partial charge in [-0.15, -0.1) is 0 Å². The molecule has 1 aliphatic rings. The first-order valence-corrected chi connectivity index (χ1v) is 8.47. The van der Waals surface area contributed by atoms with Crippen LogP contribution in [0.4, 0.5) is 0 Å². The number of rotatable bonds is 7. The molecule has 2 rings (SSSR count). The Morgan fingerprint density at radius 1 is 1.15 bits per heavy atom. The molecular formula is C19H31N. The van der Waals surface area contributed by atoms with E-state index < -0.39 is 0 Å². The van der Waals surface area contributed by atoms with Crippen LogP contribution in [0, 0.1) is 25.7 Å². The predicted octanol–water partition coefficient (Wildman–Crippen LogP) is 4.65. The van der Waals surface area contributed by atoms with Crippen molar-refractivity contribution in [3.8, 4) is 0 Å². The fourth-order valence-electron chi connectivity index (χ4n) is 3.53. The van der Waals surface area contributed by atoms with Crippen molar-refractivity contribution < 1.29 is 0 Å². The van der Waals surface area contributed by atoms with Gasteiger partial charge in [-0.3, -0.25) is 0 Å². The zero-order valence-electron chi connectivity index (χ0n) is 13.5. The Hall–Kier alpha value is -0.820. The summed E-state index contributed by atoms with van der Waals surface area (Å²) in [6.45, 7) is 9.05. The van der Waals surface area contributed by atoms with Crippen molar-refractivity contribution >= 4 is 0 Å². The van der Waals surface area contributed by atoms with E-state index in [0.29, 0.717) is 0 Å². The van der Waals surface area contributed by atoms with Gasteiger partial charge in [-0.2, -0.15) is 0 Å². The Kier molecular flexibility index (Phi) is 6.09. The van der Waals surface area contributed by atoms with Gasteiger partial charge in [0.15, 0.2) is 0 Å². The summed E-state index contributed by atoms with van der Waals surface area (Å²) in [4.78, 5) is 0. The highest BCUT2D eigenvalue weighted by molar-refractivity contribution is 5.30. The number of nitrogens with one attached hydrogen (secondary N) is 1. The van der Waals surface area contributed by atoms with Crippen molar-refractivity contribution in [2.45, 2.75) is 59.3 Å². The second-order valence-corrected chi connectivity index (χ2v) is 6.63. The summed E-state index contributed by atoms with van der Waals surface area (Å²) in [7, 11) is 0. The lowest BCUT2D eigenvalue weighted by molar-refractivity contribution is 0.321. The summed E-state index contributed by atoms with van der Waals surface area (Å²) < 4.78 is 0. The van der Waals surface area contributed by atoms with Gasteiger partial charge in [-0.1, -0.05) is 50.8 Å². The van der Waals surface area contributed by atoms with Gasteiger partial charge in [0.05, 0.1) is 0 Å². The minimum atomic E-state index is 0.825. The van der Waals surface area contributed by atoms with Gasteiger partial charge >= 0.3 is 0 Å². The molecule has 1 N–H and O–H groups in total. The highest BCUT2D eigenvalue weighted by Crippen LogP contribution is 2.33. The molecule has 0 aromatic heterocycles. The van der Waals surface area contributed by atoms with E-state index in [1.54, 1.807) is 0 Å². The van der Waals surface area contributed by atoms with E-state index in [1.165, 1.54) is 61.8 Å². The molecule has 0 amide bonds. The summed E-state index contributed by atoms with van der Waals surface area (Å²) in [5, 5.41) is 3.66. The summed E-state index contributed by atoms with van der Waals surface area (Å²) >= 11 is 0. The number of hydrogen-bond acceptors (Lipinski definition) is 1. The second kappa shape index (κ2) is 7.83. The van der Waals surface area contributed by atoms with Crippen LogP contribution in [0.2, 0.25) is 0 Å². The SMILES string of the molecule is CCCNCC(Cc1ccc(C)c(C)c1)C1CCCC1. The Labute approximate surface area is 125 Å². The van der Waals surface area contributed by atoms with Crippen molar-refractivity contribution in [2.75, 3.05) is 13.1 Å². The minimum Gasteiger partial charge on any atom is -0.316 e. The van der Waals surface area contributed by atoms with Gasteiger partial charge in [-0.25, -0.2) is 0 Å². The van der Waals surface area contributed by atoms with Gasteiger partial charge in [0.25, 0.3) is 0 Å². The fourth-order valence-corrected chi connectivity index (χ4v) is 3.53. The molecule has 1 aromatic carbocycles. The van der Waals surface area contributed by atoms with Gasteiger partial charge in [0.2, 0.25) is 0 Å². The lowest BCUT2D eigenvalue weighted by Gasteiger charge is -2.24. The molecule has 112 valence electrons. The zero-order chi connectivity index (χ0) is 14.4. The van der Waals surface area contributed by atoms with E-state index in [2.05, 4.69) is 44.3 Å². The first-order valence-electron chi connectivity index (χ1n) is 8.47. The second-order valence-electron chi connectivity index (χ2n) is 6.63. The fraction of sp³-hybridized carbons (Fsp3) is 0.684. The van der Waals surface area contributed by atoms with Crippen molar-refractivity contribution in [3.63, 3.8) is 0 Å². The first kappa shape index (κ1) is 15.6. The summed E-state index contributed by atoms with van der Waals surface area (Å²) in [6, 6.07) is 7.02. The van der Waals surface area contributed by atoms with E-state index in [1.807, 2.05) is 0 Å². The maximum atomic E-state index is 3.66. The van der Waals surface area contributed by atoms with Crippen LogP contribution in [0.5, 0.6) is 0 Å². The summed E-state index contributed by atoms with van der Waals surface area (Å²) in [6.07, 6.45) is 8.28. The smallest absolute Gasteiger partial charge is 0.00147 e. The van der Waals surface area contributed by atoms with Crippen LogP contribution in [0.3, 0.4) is 0 Å². The van der Waals surface area contributed by atoms with Crippen LogP contribution in [0.1, 0.15) is 55.7 Å². The van der Waals surface area contributed by atoms with Gasteiger partial charge in [0.1, 0.15) is 0 Å². The van der Waals surface area contributed by atoms with E-state index in [4.69, 9.17) is 0 Å². The monoisotopic (exact) mass is 273 g/mol. The van der Waals surface area contributed by atoms with Crippen molar-refractivity contribution in [1.29, 1.82) is 0 Å². The molecule has 0 spiro atoms. The summed E-state index contributed by atoms with van der Waals surface area (Å²) in [5.41, 5.74) is 4.38. The average molecular weight is 273 g/mol. The van der Waals surface area contributed by atoms with Gasteiger partial charge in [-0.05, 0) is 68.3 Å². The third kappa shape index (κ3) is 4.34. The average Bonchev–Trinajstić information content (AvgIpc) is 2.96. The molecule has 1 heteroatoms. The molecule has 1 saturated carbocycles. The molecule has 0 radical (unpaired) electrons. The number of benzene rings is 1. The molecule has 20 heavy (non-hydrogen) atoms. The zero-order valence-corrected chi connectivity index (χ0v) is 13.5. The number of hydrogen-bond donors (Lipinski definition) is 1. The van der Waals surface area contributed by atoms with Crippen LogP contribution in [-0.2, 0) is 6.42 Å². The lowest BCUT2D eigenvalue weighted by Crippen LogP contribution is -2.29. The molecule has 0 aliphatic heterocycles. The number of aryl methyl sites for hydroxylation is 2. The summed E-state index contributed by atoms with van der Waals surface area (Å²) in [5.74, 6) is 1.77. The topological polar surface area (TPSA) is 12.0 Å². The minimum absolute atomic E-state index is 0.825. The Balaban J connectivity index is 1.99. The maximum Gasteiger partial charge on any atom is -0.00147 e. The predicted molar refractivity (Wildman–Crippen MR) is 88.2 cm³/mol. The standard InChI is InChI=1S/C19H31N/c1-4-11-20-14-19(18-7-5-6-8-18)13-17-10-9-15(2)16(3)12-17/h9-10,12,18-20H,4-8,11,13-14H2,1-3H3. The van der Waals surface area contributed by atoms with E-state index in [9.17, 15) is 0 Å². The molecular weight excluding hydrogens is 242 g/mol. The molecule has 0 heterocycles. The van der Waals surface area contributed by atoms with Crippen LogP contribution < -0.4 is 5.32 Å². The van der Waals surface area contributed by atoms with Crippen LogP contribution in [-0.4, -0.2) is 13.1 Å². The third-order valence-electron chi connectivity index (χ3n) is 4.97. The Bertz CT molecular complexity index is 404. The van der Waals surface area contributed by atoms with Crippen molar-refractivity contribution in [3.05, 3.63) is 34.9 Å². The maximum absolute atomic E-state index is 3.66. The normalized spacial score (nSPS) is 17.6. The Morgan fingerprint density at radius 3 is 2.55 bits per heavy atom. The molecule has 1 fully saturated rings. The van der Waals surface area contributed by atoms with Crippen LogP contribution >= 0.6 is 0 Å². The highest BCUT2D eigenvalue weighted by Gasteiger charge is 2.24. The molecule has 1 atom stereocenters. The molecule has 0 bridgehead atoms. The molecule has 0 saturated heterocycles. The van der Waals surface area contributed by atoms with Crippen molar-refractivity contribution in [2.24, 2.45) is 11.8 Å². The largest absolute Gasteiger partial charge is 0.316 e. The molecule has 1 unspecified atom stereocenters. The Morgan fingerprint density at radius 2 is 1.90 bits per heavy atom. The van der Waals surface area contributed by atoms with Crippen LogP contribution in [0.15, 0.2) is 18.2 Å². The van der Waals surface area contributed by atoms with Crippen molar-refractivity contribution in [1.82, 2.24) is 5.32 Å². The van der Waals surface area contributed by atoms with Gasteiger partial charge in [0, 0.05) is 0 Å². The quantitative estimate of drug-likeness (QED) is 0.713. The lowest BCUT2D eigenvalue weighted by atomic mass is 9.85. The van der Waals surface area contributed by atoms with E-state index in [-0.39, 0.29) is 0 Å². The van der Waals surface area contributed by atoms with Gasteiger partial charge < -0.3 is 5.32 Å². The highest BCUT2D eigenvalue weighted by atomic mass is 14.9. The molecule has 1 aliphatic carbocycles. The third-order valence-corrected chi connectivity index (χ3v) is 4.97.